The Labute approximate surface area is 275 Å². The molecule has 0 heterocycles. The zero-order chi connectivity index (χ0) is 32.4. The summed E-state index contributed by atoms with van der Waals surface area (Å²) >= 11 is 0. The lowest BCUT2D eigenvalue weighted by Crippen LogP contribution is -2.49. The number of hydrogen-bond donors (Lipinski definition) is 4. The van der Waals surface area contributed by atoms with Gasteiger partial charge < -0.3 is 20.6 Å². The highest BCUT2D eigenvalue weighted by atomic mass is 16.3. The number of rotatable bonds is 36. The largest absolute Gasteiger partial charge is 0.394 e. The first-order chi connectivity index (χ1) is 21.6. The molecule has 3 unspecified atom stereocenters. The summed E-state index contributed by atoms with van der Waals surface area (Å²) < 4.78 is 0. The Kier molecular flexibility index (Phi) is 34.7. The molecule has 0 aliphatic heterocycles. The van der Waals surface area contributed by atoms with Crippen molar-refractivity contribution in [2.75, 3.05) is 6.61 Å². The molecule has 0 radical (unpaired) electrons. The molecule has 0 bridgehead atoms. The van der Waals surface area contributed by atoms with Crippen molar-refractivity contribution in [2.45, 2.75) is 238 Å². The standard InChI is InChI=1S/C39H79NO4/c1-3-5-7-9-11-13-15-17-19-20-22-24-26-28-30-32-34-38(43)39(44)40-36(35-41)37(42)33-31-29-27-25-23-21-18-16-14-12-10-8-6-4-2/h36-38,41-43H,3-35H2,1-2H3,(H,40,44). The molecular formula is C39H79NO4. The molecule has 0 saturated carbocycles. The van der Waals surface area contributed by atoms with E-state index >= 15 is 0 Å². The molecule has 0 aromatic rings. The van der Waals surface area contributed by atoms with Gasteiger partial charge in [0.2, 0.25) is 5.91 Å². The summed E-state index contributed by atoms with van der Waals surface area (Å²) in [5, 5.41) is 33.2. The molecule has 0 fully saturated rings. The second-order valence-corrected chi connectivity index (χ2v) is 13.9. The van der Waals surface area contributed by atoms with Crippen molar-refractivity contribution in [1.82, 2.24) is 5.32 Å². The second kappa shape index (κ2) is 35.2. The lowest BCUT2D eigenvalue weighted by atomic mass is 10.0. The molecule has 0 aliphatic rings. The van der Waals surface area contributed by atoms with Crippen LogP contribution in [0.15, 0.2) is 0 Å². The van der Waals surface area contributed by atoms with E-state index in [-0.39, 0.29) is 6.61 Å². The summed E-state index contributed by atoms with van der Waals surface area (Å²) in [6, 6.07) is -0.704. The van der Waals surface area contributed by atoms with Crippen LogP contribution in [0.1, 0.15) is 219 Å². The van der Waals surface area contributed by atoms with Gasteiger partial charge in [-0.25, -0.2) is 0 Å². The SMILES string of the molecule is CCCCCCCCCCCCCCCCCCC(O)C(=O)NC(CO)C(O)CCCCCCCCCCCCCCCC. The summed E-state index contributed by atoms with van der Waals surface area (Å²) in [5.41, 5.74) is 0. The van der Waals surface area contributed by atoms with Crippen LogP contribution in [0.3, 0.4) is 0 Å². The van der Waals surface area contributed by atoms with Gasteiger partial charge >= 0.3 is 0 Å². The van der Waals surface area contributed by atoms with Gasteiger partial charge in [-0.15, -0.1) is 0 Å². The van der Waals surface area contributed by atoms with Crippen LogP contribution in [-0.2, 0) is 4.79 Å². The zero-order valence-corrected chi connectivity index (χ0v) is 29.8. The number of carbonyl (C=O) groups excluding carboxylic acids is 1. The monoisotopic (exact) mass is 626 g/mol. The van der Waals surface area contributed by atoms with E-state index in [1.807, 2.05) is 0 Å². The van der Waals surface area contributed by atoms with Crippen LogP contribution in [-0.4, -0.2) is 46.1 Å². The Morgan fingerprint density at radius 2 is 0.727 bits per heavy atom. The Morgan fingerprint density at radius 3 is 1.02 bits per heavy atom. The molecule has 0 aliphatic carbocycles. The van der Waals surface area contributed by atoms with Gasteiger partial charge in [0.15, 0.2) is 0 Å². The van der Waals surface area contributed by atoms with Crippen LogP contribution in [0.5, 0.6) is 0 Å². The maximum Gasteiger partial charge on any atom is 0.249 e. The van der Waals surface area contributed by atoms with Crippen molar-refractivity contribution in [3.8, 4) is 0 Å². The first kappa shape index (κ1) is 43.4. The van der Waals surface area contributed by atoms with Crippen molar-refractivity contribution in [3.05, 3.63) is 0 Å². The zero-order valence-electron chi connectivity index (χ0n) is 29.8. The Bertz CT molecular complexity index is 572. The highest BCUT2D eigenvalue weighted by Gasteiger charge is 2.23. The Morgan fingerprint density at radius 1 is 0.455 bits per heavy atom. The van der Waals surface area contributed by atoms with Gasteiger partial charge in [0.1, 0.15) is 6.10 Å². The van der Waals surface area contributed by atoms with Crippen LogP contribution in [0, 0.1) is 0 Å². The predicted octanol–water partition coefficient (Wildman–Crippen LogP) is 10.7. The quantitative estimate of drug-likeness (QED) is 0.0521. The first-order valence-electron chi connectivity index (χ1n) is 19.8. The molecule has 44 heavy (non-hydrogen) atoms. The smallest absolute Gasteiger partial charge is 0.249 e. The number of hydrogen-bond acceptors (Lipinski definition) is 4. The lowest BCUT2D eigenvalue weighted by Gasteiger charge is -2.23. The van der Waals surface area contributed by atoms with E-state index in [0.29, 0.717) is 12.8 Å². The summed E-state index contributed by atoms with van der Waals surface area (Å²) in [4.78, 5) is 12.4. The van der Waals surface area contributed by atoms with Gasteiger partial charge in [0, 0.05) is 0 Å². The molecule has 5 heteroatoms. The van der Waals surface area contributed by atoms with Crippen molar-refractivity contribution < 1.29 is 20.1 Å². The van der Waals surface area contributed by atoms with E-state index in [4.69, 9.17) is 0 Å². The van der Waals surface area contributed by atoms with Crippen LogP contribution >= 0.6 is 0 Å². The van der Waals surface area contributed by atoms with Crippen LogP contribution < -0.4 is 5.32 Å². The van der Waals surface area contributed by atoms with Crippen LogP contribution in [0.25, 0.3) is 0 Å². The van der Waals surface area contributed by atoms with Gasteiger partial charge in [-0.2, -0.15) is 0 Å². The molecular weight excluding hydrogens is 546 g/mol. The number of carbonyl (C=O) groups is 1. The van der Waals surface area contributed by atoms with Crippen molar-refractivity contribution in [1.29, 1.82) is 0 Å². The number of amides is 1. The van der Waals surface area contributed by atoms with Gasteiger partial charge in [0.25, 0.3) is 0 Å². The van der Waals surface area contributed by atoms with Gasteiger partial charge in [-0.1, -0.05) is 206 Å². The first-order valence-corrected chi connectivity index (χ1v) is 19.8. The number of unbranched alkanes of at least 4 members (excludes halogenated alkanes) is 28. The Balaban J connectivity index is 3.63. The highest BCUT2D eigenvalue weighted by molar-refractivity contribution is 5.80. The number of aliphatic hydroxyl groups is 3. The minimum Gasteiger partial charge on any atom is -0.394 e. The van der Waals surface area contributed by atoms with E-state index < -0.39 is 24.2 Å². The fourth-order valence-electron chi connectivity index (χ4n) is 6.31. The minimum atomic E-state index is -1.07. The van der Waals surface area contributed by atoms with Gasteiger partial charge in [-0.3, -0.25) is 4.79 Å². The van der Waals surface area contributed by atoms with Crippen molar-refractivity contribution >= 4 is 5.91 Å². The van der Waals surface area contributed by atoms with Gasteiger partial charge in [-0.05, 0) is 12.8 Å². The average Bonchev–Trinajstić information content (AvgIpc) is 3.03. The van der Waals surface area contributed by atoms with E-state index in [1.54, 1.807) is 0 Å². The van der Waals surface area contributed by atoms with Crippen LogP contribution in [0.2, 0.25) is 0 Å². The van der Waals surface area contributed by atoms with Gasteiger partial charge in [0.05, 0.1) is 18.8 Å². The molecule has 0 aromatic carbocycles. The highest BCUT2D eigenvalue weighted by Crippen LogP contribution is 2.16. The summed E-state index contributed by atoms with van der Waals surface area (Å²) in [6.07, 6.45) is 38.0. The van der Waals surface area contributed by atoms with E-state index in [0.717, 1.165) is 32.1 Å². The average molecular weight is 626 g/mol. The third-order valence-corrected chi connectivity index (χ3v) is 9.48. The Hall–Kier alpha value is -0.650. The summed E-state index contributed by atoms with van der Waals surface area (Å²) in [6.45, 7) is 4.23. The number of aliphatic hydroxyl groups excluding tert-OH is 3. The van der Waals surface area contributed by atoms with Crippen LogP contribution in [0.4, 0.5) is 0 Å². The van der Waals surface area contributed by atoms with E-state index in [9.17, 15) is 20.1 Å². The normalized spacial score (nSPS) is 13.7. The lowest BCUT2D eigenvalue weighted by molar-refractivity contribution is -0.131. The van der Waals surface area contributed by atoms with E-state index in [1.165, 1.54) is 161 Å². The molecule has 0 spiro atoms. The molecule has 5 nitrogen and oxygen atoms in total. The second-order valence-electron chi connectivity index (χ2n) is 13.9. The fourth-order valence-corrected chi connectivity index (χ4v) is 6.31. The molecule has 1 amide bonds. The topological polar surface area (TPSA) is 89.8 Å². The summed E-state index contributed by atoms with van der Waals surface area (Å²) in [7, 11) is 0. The summed E-state index contributed by atoms with van der Waals surface area (Å²) in [5.74, 6) is -0.468. The predicted molar refractivity (Wildman–Crippen MR) is 190 cm³/mol. The van der Waals surface area contributed by atoms with E-state index in [2.05, 4.69) is 19.2 Å². The molecule has 264 valence electrons. The molecule has 4 N–H and O–H groups in total. The molecule has 3 atom stereocenters. The molecule has 0 rings (SSSR count). The maximum atomic E-state index is 12.4. The number of nitrogens with one attached hydrogen (secondary N) is 1. The fraction of sp³-hybridized carbons (Fsp3) is 0.974. The molecule has 0 aromatic heterocycles. The third-order valence-electron chi connectivity index (χ3n) is 9.48. The molecule has 0 saturated heterocycles. The van der Waals surface area contributed by atoms with Crippen molar-refractivity contribution in [2.24, 2.45) is 0 Å². The minimum absolute atomic E-state index is 0.308. The maximum absolute atomic E-state index is 12.4. The van der Waals surface area contributed by atoms with Crippen molar-refractivity contribution in [3.63, 3.8) is 0 Å². The third kappa shape index (κ3) is 30.0.